The number of carbonyl (C=O) groups excluding carboxylic acids is 2. The molecule has 1 N–H and O–H groups in total. The van der Waals surface area contributed by atoms with Gasteiger partial charge in [-0.15, -0.1) is 0 Å². The van der Waals surface area contributed by atoms with Gasteiger partial charge in [0, 0.05) is 25.9 Å². The molecule has 35 heavy (non-hydrogen) atoms. The number of carbonyl (C=O) groups is 2. The molecule has 0 aliphatic carbocycles. The number of methoxy groups -OCH3 is 2. The number of rotatable bonds is 12. The van der Waals surface area contributed by atoms with Crippen LogP contribution < -0.4 is 14.8 Å². The topological polar surface area (TPSA) is 67.9 Å². The largest absolute Gasteiger partial charge is 0.497 e. The molecule has 184 valence electrons. The minimum atomic E-state index is -0.642. The molecule has 0 saturated heterocycles. The highest BCUT2D eigenvalue weighted by Crippen LogP contribution is 2.19. The van der Waals surface area contributed by atoms with Gasteiger partial charge in [0.25, 0.3) is 0 Å². The highest BCUT2D eigenvalue weighted by Gasteiger charge is 2.29. The molecule has 0 saturated carbocycles. The number of benzene rings is 3. The molecule has 0 aliphatic heterocycles. The van der Waals surface area contributed by atoms with E-state index in [0.717, 1.165) is 28.2 Å². The Kier molecular flexibility index (Phi) is 9.72. The SMILES string of the molecule is CCCC(=O)N(Cc1ccc(OC)cc1)[C@@H](Cc1ccccc1)C(=O)NCc1ccc(OC)cc1. The van der Waals surface area contributed by atoms with E-state index in [-0.39, 0.29) is 11.8 Å². The summed E-state index contributed by atoms with van der Waals surface area (Å²) in [7, 11) is 3.24. The second-order valence-electron chi connectivity index (χ2n) is 8.39. The lowest BCUT2D eigenvalue weighted by Gasteiger charge is -2.31. The average Bonchev–Trinajstić information content (AvgIpc) is 2.90. The summed E-state index contributed by atoms with van der Waals surface area (Å²) in [6, 6.07) is 24.3. The molecule has 3 rings (SSSR count). The van der Waals surface area contributed by atoms with Gasteiger partial charge >= 0.3 is 0 Å². The highest BCUT2D eigenvalue weighted by atomic mass is 16.5. The summed E-state index contributed by atoms with van der Waals surface area (Å²) >= 11 is 0. The zero-order valence-corrected chi connectivity index (χ0v) is 20.7. The van der Waals surface area contributed by atoms with E-state index in [0.29, 0.717) is 32.4 Å². The van der Waals surface area contributed by atoms with Crippen molar-refractivity contribution in [1.29, 1.82) is 0 Å². The summed E-state index contributed by atoms with van der Waals surface area (Å²) in [5, 5.41) is 3.04. The first kappa shape index (κ1) is 25.8. The van der Waals surface area contributed by atoms with Crippen LogP contribution in [0.3, 0.4) is 0 Å². The summed E-state index contributed by atoms with van der Waals surface area (Å²) in [6.45, 7) is 2.68. The molecule has 1 atom stereocenters. The molecule has 0 fully saturated rings. The molecule has 2 amide bonds. The third-order valence-corrected chi connectivity index (χ3v) is 5.87. The highest BCUT2D eigenvalue weighted by molar-refractivity contribution is 5.88. The Hall–Kier alpha value is -3.80. The fraction of sp³-hybridized carbons (Fsp3) is 0.310. The second-order valence-corrected chi connectivity index (χ2v) is 8.39. The molecular weight excluding hydrogens is 440 g/mol. The number of nitrogens with one attached hydrogen (secondary N) is 1. The molecule has 6 nitrogen and oxygen atoms in total. The standard InChI is InChI=1S/C29H34N2O4/c1-4-8-28(32)31(21-24-13-17-26(35-3)18-14-24)27(19-22-9-6-5-7-10-22)29(33)30-20-23-11-15-25(34-2)16-12-23/h5-7,9-18,27H,4,8,19-21H2,1-3H3,(H,30,33)/t27-/m0/s1. The van der Waals surface area contributed by atoms with E-state index in [4.69, 9.17) is 9.47 Å². The molecule has 0 unspecified atom stereocenters. The first-order valence-electron chi connectivity index (χ1n) is 11.9. The minimum absolute atomic E-state index is 0.0381. The van der Waals surface area contributed by atoms with E-state index in [1.54, 1.807) is 19.1 Å². The Labute approximate surface area is 207 Å². The average molecular weight is 475 g/mol. The van der Waals surface area contributed by atoms with Crippen molar-refractivity contribution in [3.8, 4) is 11.5 Å². The van der Waals surface area contributed by atoms with Gasteiger partial charge in [-0.25, -0.2) is 0 Å². The quantitative estimate of drug-likeness (QED) is 0.411. The van der Waals surface area contributed by atoms with Gasteiger partial charge in [0.15, 0.2) is 0 Å². The lowest BCUT2D eigenvalue weighted by atomic mass is 10.0. The number of hydrogen-bond donors (Lipinski definition) is 1. The molecule has 0 radical (unpaired) electrons. The minimum Gasteiger partial charge on any atom is -0.497 e. The van der Waals surface area contributed by atoms with Crippen LogP contribution in [0.25, 0.3) is 0 Å². The van der Waals surface area contributed by atoms with Crippen LogP contribution >= 0.6 is 0 Å². The summed E-state index contributed by atoms with van der Waals surface area (Å²) in [4.78, 5) is 28.5. The fourth-order valence-corrected chi connectivity index (χ4v) is 3.89. The number of ether oxygens (including phenoxy) is 2. The maximum atomic E-state index is 13.5. The first-order chi connectivity index (χ1) is 17.0. The van der Waals surface area contributed by atoms with Crippen molar-refractivity contribution in [3.05, 3.63) is 95.6 Å². The van der Waals surface area contributed by atoms with Gasteiger partial charge in [0.05, 0.1) is 14.2 Å². The van der Waals surface area contributed by atoms with E-state index >= 15 is 0 Å². The molecule has 0 bridgehead atoms. The normalized spacial score (nSPS) is 11.4. The van der Waals surface area contributed by atoms with E-state index in [2.05, 4.69) is 5.32 Å². The van der Waals surface area contributed by atoms with Crippen LogP contribution in [0.15, 0.2) is 78.9 Å². The van der Waals surface area contributed by atoms with Crippen molar-refractivity contribution in [2.24, 2.45) is 0 Å². The predicted molar refractivity (Wildman–Crippen MR) is 137 cm³/mol. The van der Waals surface area contributed by atoms with Crippen molar-refractivity contribution >= 4 is 11.8 Å². The van der Waals surface area contributed by atoms with Gasteiger partial charge in [-0.1, -0.05) is 61.5 Å². The smallest absolute Gasteiger partial charge is 0.243 e. The molecular formula is C29H34N2O4. The second kappa shape index (κ2) is 13.2. The lowest BCUT2D eigenvalue weighted by molar-refractivity contribution is -0.141. The molecule has 0 aliphatic rings. The Balaban J connectivity index is 1.85. The summed E-state index contributed by atoms with van der Waals surface area (Å²) in [5.74, 6) is 1.29. The van der Waals surface area contributed by atoms with E-state index in [1.165, 1.54) is 0 Å². The van der Waals surface area contributed by atoms with Gasteiger partial charge in [-0.3, -0.25) is 9.59 Å². The number of hydrogen-bond acceptors (Lipinski definition) is 4. The van der Waals surface area contributed by atoms with E-state index in [9.17, 15) is 9.59 Å². The number of nitrogens with zero attached hydrogens (tertiary/aromatic N) is 1. The maximum Gasteiger partial charge on any atom is 0.243 e. The van der Waals surface area contributed by atoms with Crippen LogP contribution in [0.2, 0.25) is 0 Å². The third-order valence-electron chi connectivity index (χ3n) is 5.87. The van der Waals surface area contributed by atoms with Gasteiger partial charge in [0.2, 0.25) is 11.8 Å². The zero-order chi connectivity index (χ0) is 25.0. The van der Waals surface area contributed by atoms with Gasteiger partial charge < -0.3 is 19.7 Å². The lowest BCUT2D eigenvalue weighted by Crippen LogP contribution is -2.50. The van der Waals surface area contributed by atoms with Gasteiger partial charge in [-0.2, -0.15) is 0 Å². The predicted octanol–water partition coefficient (Wildman–Crippen LogP) is 4.76. The van der Waals surface area contributed by atoms with Crippen molar-refractivity contribution in [2.45, 2.75) is 45.3 Å². The molecule has 0 heterocycles. The van der Waals surface area contributed by atoms with Crippen LogP contribution in [0, 0.1) is 0 Å². The fourth-order valence-electron chi connectivity index (χ4n) is 3.89. The van der Waals surface area contributed by atoms with Crippen molar-refractivity contribution in [3.63, 3.8) is 0 Å². The Morgan fingerprint density at radius 1 is 0.800 bits per heavy atom. The van der Waals surface area contributed by atoms with Crippen molar-refractivity contribution in [1.82, 2.24) is 10.2 Å². The Morgan fingerprint density at radius 2 is 1.37 bits per heavy atom. The third kappa shape index (κ3) is 7.60. The van der Waals surface area contributed by atoms with Crippen LogP contribution in [0.4, 0.5) is 0 Å². The van der Waals surface area contributed by atoms with Crippen LogP contribution in [-0.2, 0) is 29.1 Å². The Bertz CT molecular complexity index is 1070. The monoisotopic (exact) mass is 474 g/mol. The molecule has 0 aromatic heterocycles. The maximum absolute atomic E-state index is 13.5. The molecule has 3 aromatic rings. The summed E-state index contributed by atoms with van der Waals surface area (Å²) < 4.78 is 10.5. The van der Waals surface area contributed by atoms with E-state index < -0.39 is 6.04 Å². The zero-order valence-electron chi connectivity index (χ0n) is 20.7. The van der Waals surface area contributed by atoms with Crippen LogP contribution in [0.1, 0.15) is 36.5 Å². The number of amides is 2. The summed E-state index contributed by atoms with van der Waals surface area (Å²) in [5.41, 5.74) is 2.90. The van der Waals surface area contributed by atoms with Crippen molar-refractivity contribution < 1.29 is 19.1 Å². The first-order valence-corrected chi connectivity index (χ1v) is 11.9. The Morgan fingerprint density at radius 3 is 1.91 bits per heavy atom. The summed E-state index contributed by atoms with van der Waals surface area (Å²) in [6.07, 6.45) is 1.53. The van der Waals surface area contributed by atoms with Gasteiger partial charge in [-0.05, 0) is 47.4 Å². The van der Waals surface area contributed by atoms with E-state index in [1.807, 2.05) is 85.8 Å². The van der Waals surface area contributed by atoms with Gasteiger partial charge in [0.1, 0.15) is 17.5 Å². The molecule has 0 spiro atoms. The van der Waals surface area contributed by atoms with Crippen molar-refractivity contribution in [2.75, 3.05) is 14.2 Å². The molecule has 6 heteroatoms. The molecule has 3 aromatic carbocycles. The van der Waals surface area contributed by atoms with Crippen LogP contribution in [-0.4, -0.2) is 37.0 Å². The van der Waals surface area contributed by atoms with Crippen LogP contribution in [0.5, 0.6) is 11.5 Å².